The predicted molar refractivity (Wildman–Crippen MR) is 81.4 cm³/mol. The maximum absolute atomic E-state index is 11.6. The van der Waals surface area contributed by atoms with E-state index in [0.717, 1.165) is 5.56 Å². The van der Waals surface area contributed by atoms with E-state index in [1.807, 2.05) is 0 Å². The highest BCUT2D eigenvalue weighted by Gasteiger charge is 2.26. The molecule has 1 fully saturated rings. The first kappa shape index (κ1) is 15.3. The summed E-state index contributed by atoms with van der Waals surface area (Å²) in [5, 5.41) is 10.8. The Morgan fingerprint density at radius 1 is 1.35 bits per heavy atom. The summed E-state index contributed by atoms with van der Waals surface area (Å²) >= 11 is 6.07. The number of Topliss-reactive ketones (excluding diaryl/α,β-unsaturated/α-hetero) is 1. The summed E-state index contributed by atoms with van der Waals surface area (Å²) in [6.07, 6.45) is 3.59. The van der Waals surface area contributed by atoms with E-state index in [2.05, 4.69) is 18.7 Å². The van der Waals surface area contributed by atoms with Gasteiger partial charge in [0.05, 0.1) is 5.56 Å². The quantitative estimate of drug-likeness (QED) is 0.857. The van der Waals surface area contributed by atoms with Gasteiger partial charge in [-0.1, -0.05) is 18.0 Å². The Kier molecular flexibility index (Phi) is 4.71. The zero-order valence-corrected chi connectivity index (χ0v) is 13.1. The number of ketones is 1. The number of hydrogen-bond acceptors (Lipinski definition) is 3. The molecule has 1 aliphatic rings. The first-order chi connectivity index (χ1) is 9.40. The summed E-state index contributed by atoms with van der Waals surface area (Å²) in [6, 6.07) is 4.26. The second-order valence-corrected chi connectivity index (χ2v) is 6.25. The van der Waals surface area contributed by atoms with Crippen molar-refractivity contribution in [3.63, 3.8) is 0 Å². The van der Waals surface area contributed by atoms with Crippen LogP contribution in [0.3, 0.4) is 0 Å². The summed E-state index contributed by atoms with van der Waals surface area (Å²) in [7, 11) is 0. The highest BCUT2D eigenvalue weighted by Crippen LogP contribution is 2.32. The van der Waals surface area contributed by atoms with Gasteiger partial charge in [-0.25, -0.2) is 0 Å². The number of phenols is 1. The Morgan fingerprint density at radius 3 is 2.50 bits per heavy atom. The number of rotatable bonds is 3. The second-order valence-electron chi connectivity index (χ2n) is 5.82. The van der Waals surface area contributed by atoms with E-state index in [-0.39, 0.29) is 11.5 Å². The number of aromatic hydroxyl groups is 1. The normalized spacial score (nSPS) is 23.8. The van der Waals surface area contributed by atoms with Crippen molar-refractivity contribution in [2.45, 2.75) is 58.7 Å². The standard InChI is InChI=1S/C16H22ClNO2/c1-10-5-4-6-11(2)18(10)9-13-7-14(17)8-15(12(3)19)16(13)20/h7-8,10-11,20H,4-6,9H2,1-3H3. The molecule has 0 aliphatic carbocycles. The highest BCUT2D eigenvalue weighted by molar-refractivity contribution is 6.31. The van der Waals surface area contributed by atoms with Crippen LogP contribution in [-0.2, 0) is 6.54 Å². The topological polar surface area (TPSA) is 40.5 Å². The van der Waals surface area contributed by atoms with Gasteiger partial charge in [0, 0.05) is 29.2 Å². The summed E-state index contributed by atoms with van der Waals surface area (Å²) in [5.41, 5.74) is 1.05. The Bertz CT molecular complexity index is 505. The molecule has 0 radical (unpaired) electrons. The van der Waals surface area contributed by atoms with Gasteiger partial charge in [-0.05, 0) is 45.7 Å². The molecule has 4 heteroatoms. The molecular weight excluding hydrogens is 274 g/mol. The average Bonchev–Trinajstić information content (AvgIpc) is 2.37. The van der Waals surface area contributed by atoms with Gasteiger partial charge in [0.1, 0.15) is 5.75 Å². The van der Waals surface area contributed by atoms with Crippen LogP contribution in [0, 0.1) is 0 Å². The molecule has 1 aliphatic heterocycles. The van der Waals surface area contributed by atoms with Crippen LogP contribution in [0.15, 0.2) is 12.1 Å². The third-order valence-electron chi connectivity index (χ3n) is 4.26. The van der Waals surface area contributed by atoms with E-state index in [0.29, 0.717) is 29.2 Å². The maximum Gasteiger partial charge on any atom is 0.163 e. The highest BCUT2D eigenvalue weighted by atomic mass is 35.5. The molecule has 0 saturated carbocycles. The van der Waals surface area contributed by atoms with Gasteiger partial charge in [-0.2, -0.15) is 0 Å². The third-order valence-corrected chi connectivity index (χ3v) is 4.48. The van der Waals surface area contributed by atoms with Crippen molar-refractivity contribution in [2.75, 3.05) is 0 Å². The maximum atomic E-state index is 11.6. The summed E-state index contributed by atoms with van der Waals surface area (Å²) < 4.78 is 0. The fraction of sp³-hybridized carbons (Fsp3) is 0.562. The monoisotopic (exact) mass is 295 g/mol. The van der Waals surface area contributed by atoms with E-state index in [4.69, 9.17) is 11.6 Å². The number of piperidine rings is 1. The molecule has 1 aromatic carbocycles. The molecule has 0 bridgehead atoms. The van der Waals surface area contributed by atoms with Crippen molar-refractivity contribution in [2.24, 2.45) is 0 Å². The molecule has 110 valence electrons. The van der Waals surface area contributed by atoms with Crippen LogP contribution >= 0.6 is 11.6 Å². The van der Waals surface area contributed by atoms with E-state index in [9.17, 15) is 9.90 Å². The molecule has 2 unspecified atom stereocenters. The van der Waals surface area contributed by atoms with Crippen LogP contribution in [0.4, 0.5) is 0 Å². The molecule has 3 nitrogen and oxygen atoms in total. The number of halogens is 1. The number of likely N-dealkylation sites (tertiary alicyclic amines) is 1. The number of carbonyl (C=O) groups excluding carboxylic acids is 1. The molecule has 2 rings (SSSR count). The van der Waals surface area contributed by atoms with Crippen LogP contribution < -0.4 is 0 Å². The number of benzene rings is 1. The number of hydrogen-bond donors (Lipinski definition) is 1. The number of nitrogens with zero attached hydrogens (tertiary/aromatic N) is 1. The molecule has 0 amide bonds. The molecular formula is C16H22ClNO2. The Balaban J connectivity index is 2.31. The molecule has 1 aromatic rings. The molecule has 0 spiro atoms. The Hall–Kier alpha value is -1.06. The largest absolute Gasteiger partial charge is 0.507 e. The zero-order chi connectivity index (χ0) is 14.9. The number of carbonyl (C=O) groups is 1. The third kappa shape index (κ3) is 3.15. The van der Waals surface area contributed by atoms with Crippen LogP contribution in [0.5, 0.6) is 5.75 Å². The Morgan fingerprint density at radius 2 is 1.95 bits per heavy atom. The SMILES string of the molecule is CC(=O)c1cc(Cl)cc(CN2C(C)CCCC2C)c1O. The molecule has 2 atom stereocenters. The second kappa shape index (κ2) is 6.15. The minimum absolute atomic E-state index is 0.0758. The average molecular weight is 296 g/mol. The molecule has 1 saturated heterocycles. The number of phenolic OH excluding ortho intramolecular Hbond substituents is 1. The zero-order valence-electron chi connectivity index (χ0n) is 12.3. The van der Waals surface area contributed by atoms with Gasteiger partial charge in [0.2, 0.25) is 0 Å². The molecule has 1 heterocycles. The van der Waals surface area contributed by atoms with E-state index < -0.39 is 0 Å². The fourth-order valence-electron chi connectivity index (χ4n) is 3.03. The van der Waals surface area contributed by atoms with Crippen LogP contribution in [0.25, 0.3) is 0 Å². The minimum Gasteiger partial charge on any atom is -0.507 e. The van der Waals surface area contributed by atoms with Crippen molar-refractivity contribution in [1.29, 1.82) is 0 Å². The van der Waals surface area contributed by atoms with Crippen LogP contribution in [0.1, 0.15) is 56.0 Å². The first-order valence-electron chi connectivity index (χ1n) is 7.18. The summed E-state index contributed by atoms with van der Waals surface area (Å²) in [6.45, 7) is 6.50. The van der Waals surface area contributed by atoms with Gasteiger partial charge in [0.25, 0.3) is 0 Å². The fourth-order valence-corrected chi connectivity index (χ4v) is 3.27. The lowest BCUT2D eigenvalue weighted by Gasteiger charge is -2.39. The van der Waals surface area contributed by atoms with Gasteiger partial charge in [0.15, 0.2) is 5.78 Å². The van der Waals surface area contributed by atoms with E-state index >= 15 is 0 Å². The van der Waals surface area contributed by atoms with Crippen LogP contribution in [-0.4, -0.2) is 27.9 Å². The van der Waals surface area contributed by atoms with E-state index in [1.165, 1.54) is 32.3 Å². The van der Waals surface area contributed by atoms with Gasteiger partial charge in [-0.15, -0.1) is 0 Å². The molecule has 0 aromatic heterocycles. The van der Waals surface area contributed by atoms with Crippen LogP contribution in [0.2, 0.25) is 5.02 Å². The molecule has 20 heavy (non-hydrogen) atoms. The summed E-state index contributed by atoms with van der Waals surface area (Å²) in [4.78, 5) is 13.9. The Labute approximate surface area is 125 Å². The minimum atomic E-state index is -0.161. The van der Waals surface area contributed by atoms with Crippen molar-refractivity contribution >= 4 is 17.4 Å². The van der Waals surface area contributed by atoms with Crippen molar-refractivity contribution < 1.29 is 9.90 Å². The van der Waals surface area contributed by atoms with Gasteiger partial charge >= 0.3 is 0 Å². The summed E-state index contributed by atoms with van der Waals surface area (Å²) in [5.74, 6) is -0.0853. The lowest BCUT2D eigenvalue weighted by Crippen LogP contribution is -2.43. The lowest BCUT2D eigenvalue weighted by molar-refractivity contribution is 0.0940. The van der Waals surface area contributed by atoms with Crippen molar-refractivity contribution in [3.05, 3.63) is 28.3 Å². The van der Waals surface area contributed by atoms with E-state index in [1.54, 1.807) is 6.07 Å². The predicted octanol–water partition coefficient (Wildman–Crippen LogP) is 4.01. The van der Waals surface area contributed by atoms with Crippen molar-refractivity contribution in [3.8, 4) is 5.75 Å². The molecule has 1 N–H and O–H groups in total. The van der Waals surface area contributed by atoms with Gasteiger partial charge < -0.3 is 5.11 Å². The smallest absolute Gasteiger partial charge is 0.163 e. The first-order valence-corrected chi connectivity index (χ1v) is 7.56. The van der Waals surface area contributed by atoms with Crippen molar-refractivity contribution in [1.82, 2.24) is 4.90 Å². The van der Waals surface area contributed by atoms with Gasteiger partial charge in [-0.3, -0.25) is 9.69 Å². The lowest BCUT2D eigenvalue weighted by atomic mass is 9.96.